The molecule has 0 saturated heterocycles. The van der Waals surface area contributed by atoms with Gasteiger partial charge in [-0.05, 0) is 48.7 Å². The molecule has 0 aliphatic heterocycles. The Morgan fingerprint density at radius 1 is 1.18 bits per heavy atom. The first-order valence-corrected chi connectivity index (χ1v) is 7.22. The molecule has 0 radical (unpaired) electrons. The first kappa shape index (κ1) is 14.8. The zero-order valence-electron chi connectivity index (χ0n) is 11.9. The SMILES string of the molecule is C[C@H](N)c1cc2cccc(Cl)c2c(=O)n1-c1ccc(F)cc1. The van der Waals surface area contributed by atoms with Crippen LogP contribution in [0.5, 0.6) is 0 Å². The molecule has 1 heterocycles. The second-order valence-electron chi connectivity index (χ2n) is 5.18. The third kappa shape index (κ3) is 2.40. The number of fused-ring (bicyclic) bond motifs is 1. The maximum atomic E-state index is 13.1. The molecule has 0 aliphatic carbocycles. The van der Waals surface area contributed by atoms with E-state index in [4.69, 9.17) is 17.3 Å². The number of benzene rings is 2. The fraction of sp³-hybridized carbons (Fsp3) is 0.118. The molecule has 0 spiro atoms. The molecule has 5 heteroatoms. The van der Waals surface area contributed by atoms with Crippen LogP contribution >= 0.6 is 11.6 Å². The van der Waals surface area contributed by atoms with Gasteiger partial charge in [0.2, 0.25) is 0 Å². The van der Waals surface area contributed by atoms with Gasteiger partial charge in [0.25, 0.3) is 5.56 Å². The minimum absolute atomic E-state index is 0.262. The maximum Gasteiger partial charge on any atom is 0.264 e. The van der Waals surface area contributed by atoms with Crippen molar-refractivity contribution in [3.05, 3.63) is 75.4 Å². The monoisotopic (exact) mass is 316 g/mol. The van der Waals surface area contributed by atoms with Gasteiger partial charge in [0.15, 0.2) is 0 Å². The first-order valence-electron chi connectivity index (χ1n) is 6.85. The average molecular weight is 317 g/mol. The number of aromatic nitrogens is 1. The zero-order chi connectivity index (χ0) is 15.9. The molecule has 22 heavy (non-hydrogen) atoms. The van der Waals surface area contributed by atoms with Gasteiger partial charge in [0, 0.05) is 17.4 Å². The van der Waals surface area contributed by atoms with E-state index < -0.39 is 0 Å². The van der Waals surface area contributed by atoms with Crippen LogP contribution in [-0.4, -0.2) is 4.57 Å². The first-order chi connectivity index (χ1) is 10.5. The summed E-state index contributed by atoms with van der Waals surface area (Å²) in [5.41, 5.74) is 6.95. The van der Waals surface area contributed by atoms with Crippen molar-refractivity contribution in [2.75, 3.05) is 0 Å². The zero-order valence-corrected chi connectivity index (χ0v) is 12.6. The van der Waals surface area contributed by atoms with Crippen molar-refractivity contribution < 1.29 is 4.39 Å². The van der Waals surface area contributed by atoms with E-state index in [1.54, 1.807) is 31.2 Å². The molecule has 0 fully saturated rings. The largest absolute Gasteiger partial charge is 0.323 e. The van der Waals surface area contributed by atoms with Gasteiger partial charge in [-0.25, -0.2) is 4.39 Å². The number of hydrogen-bond donors (Lipinski definition) is 1. The van der Waals surface area contributed by atoms with Crippen LogP contribution in [0.2, 0.25) is 5.02 Å². The Kier molecular flexibility index (Phi) is 3.72. The minimum Gasteiger partial charge on any atom is -0.323 e. The highest BCUT2D eigenvalue weighted by Gasteiger charge is 2.15. The van der Waals surface area contributed by atoms with Crippen molar-refractivity contribution in [3.8, 4) is 5.69 Å². The van der Waals surface area contributed by atoms with Gasteiger partial charge >= 0.3 is 0 Å². The summed E-state index contributed by atoms with van der Waals surface area (Å²) in [6.07, 6.45) is 0. The van der Waals surface area contributed by atoms with Gasteiger partial charge in [0.05, 0.1) is 10.4 Å². The van der Waals surface area contributed by atoms with Crippen LogP contribution in [0.25, 0.3) is 16.5 Å². The van der Waals surface area contributed by atoms with Crippen LogP contribution in [0, 0.1) is 5.82 Å². The lowest BCUT2D eigenvalue weighted by Gasteiger charge is -2.17. The third-order valence-electron chi connectivity index (χ3n) is 3.58. The summed E-state index contributed by atoms with van der Waals surface area (Å²) in [6, 6.07) is 12.5. The van der Waals surface area contributed by atoms with Crippen molar-refractivity contribution in [1.29, 1.82) is 0 Å². The van der Waals surface area contributed by atoms with Crippen LogP contribution in [0.3, 0.4) is 0 Å². The Bertz CT molecular complexity index is 901. The van der Waals surface area contributed by atoms with E-state index in [-0.39, 0.29) is 17.4 Å². The van der Waals surface area contributed by atoms with Gasteiger partial charge in [0.1, 0.15) is 5.82 Å². The van der Waals surface area contributed by atoms with Gasteiger partial charge < -0.3 is 5.73 Å². The minimum atomic E-state index is -0.363. The molecule has 0 aliphatic rings. The summed E-state index contributed by atoms with van der Waals surface area (Å²) < 4.78 is 14.6. The topological polar surface area (TPSA) is 48.0 Å². The predicted molar refractivity (Wildman–Crippen MR) is 87.1 cm³/mol. The molecule has 1 atom stereocenters. The normalized spacial score (nSPS) is 12.5. The van der Waals surface area contributed by atoms with Gasteiger partial charge in [-0.1, -0.05) is 23.7 Å². The fourth-order valence-corrected chi connectivity index (χ4v) is 2.79. The van der Waals surface area contributed by atoms with Crippen molar-refractivity contribution in [1.82, 2.24) is 4.57 Å². The Morgan fingerprint density at radius 2 is 1.86 bits per heavy atom. The highest BCUT2D eigenvalue weighted by atomic mass is 35.5. The van der Waals surface area contributed by atoms with Gasteiger partial charge in [-0.3, -0.25) is 9.36 Å². The lowest BCUT2D eigenvalue weighted by atomic mass is 10.1. The van der Waals surface area contributed by atoms with Crippen molar-refractivity contribution in [2.45, 2.75) is 13.0 Å². The standard InChI is InChI=1S/C17H14ClFN2O/c1-10(20)15-9-11-3-2-4-14(18)16(11)17(22)21(15)13-7-5-12(19)6-8-13/h2-10H,20H2,1H3/t10-/m0/s1. The quantitative estimate of drug-likeness (QED) is 0.781. The Hall–Kier alpha value is -2.17. The van der Waals surface area contributed by atoms with E-state index in [2.05, 4.69) is 0 Å². The number of nitrogens with two attached hydrogens (primary N) is 1. The molecule has 0 bridgehead atoms. The van der Waals surface area contributed by atoms with E-state index in [0.29, 0.717) is 21.8 Å². The molecular formula is C17H14ClFN2O. The van der Waals surface area contributed by atoms with Gasteiger partial charge in [-0.15, -0.1) is 0 Å². The van der Waals surface area contributed by atoms with Crippen molar-refractivity contribution in [3.63, 3.8) is 0 Å². The van der Waals surface area contributed by atoms with Crippen LogP contribution < -0.4 is 11.3 Å². The maximum absolute atomic E-state index is 13.1. The van der Waals surface area contributed by atoms with Crippen LogP contribution in [0.4, 0.5) is 4.39 Å². The molecule has 0 unspecified atom stereocenters. The molecule has 3 nitrogen and oxygen atoms in total. The number of nitrogens with zero attached hydrogens (tertiary/aromatic N) is 1. The van der Waals surface area contributed by atoms with E-state index >= 15 is 0 Å². The predicted octanol–water partition coefficient (Wildman–Crippen LogP) is 3.80. The van der Waals surface area contributed by atoms with Crippen LogP contribution in [-0.2, 0) is 0 Å². The number of rotatable bonds is 2. The summed E-state index contributed by atoms with van der Waals surface area (Å²) >= 11 is 6.17. The molecular weight excluding hydrogens is 303 g/mol. The lowest BCUT2D eigenvalue weighted by Crippen LogP contribution is -2.25. The summed E-state index contributed by atoms with van der Waals surface area (Å²) in [7, 11) is 0. The van der Waals surface area contributed by atoms with Crippen molar-refractivity contribution >= 4 is 22.4 Å². The molecule has 2 aromatic carbocycles. The number of pyridine rings is 1. The Morgan fingerprint density at radius 3 is 2.50 bits per heavy atom. The highest BCUT2D eigenvalue weighted by molar-refractivity contribution is 6.35. The molecule has 0 saturated carbocycles. The third-order valence-corrected chi connectivity index (χ3v) is 3.89. The second-order valence-corrected chi connectivity index (χ2v) is 5.59. The number of halogens is 2. The molecule has 112 valence electrons. The summed E-state index contributed by atoms with van der Waals surface area (Å²) in [6.45, 7) is 1.80. The smallest absolute Gasteiger partial charge is 0.264 e. The average Bonchev–Trinajstić information content (AvgIpc) is 2.48. The van der Waals surface area contributed by atoms with Crippen LogP contribution in [0.15, 0.2) is 53.3 Å². The van der Waals surface area contributed by atoms with Gasteiger partial charge in [-0.2, -0.15) is 0 Å². The van der Waals surface area contributed by atoms with Crippen molar-refractivity contribution in [2.24, 2.45) is 5.73 Å². The molecule has 3 rings (SSSR count). The molecule has 2 N–H and O–H groups in total. The Labute approximate surface area is 131 Å². The summed E-state index contributed by atoms with van der Waals surface area (Å²) in [5, 5.41) is 1.55. The van der Waals surface area contributed by atoms with Crippen LogP contribution in [0.1, 0.15) is 18.7 Å². The fourth-order valence-electron chi connectivity index (χ4n) is 2.53. The summed E-state index contributed by atoms with van der Waals surface area (Å²) in [5.74, 6) is -0.363. The van der Waals surface area contributed by atoms with E-state index in [9.17, 15) is 9.18 Å². The lowest BCUT2D eigenvalue weighted by molar-refractivity contribution is 0.627. The summed E-state index contributed by atoms with van der Waals surface area (Å²) in [4.78, 5) is 12.9. The molecule has 3 aromatic rings. The molecule has 1 aromatic heterocycles. The number of hydrogen-bond acceptors (Lipinski definition) is 2. The Balaban J connectivity index is 2.43. The van der Waals surface area contributed by atoms with E-state index in [1.807, 2.05) is 12.1 Å². The molecule has 0 amide bonds. The second kappa shape index (κ2) is 5.55. The van der Waals surface area contributed by atoms with E-state index in [1.165, 1.54) is 16.7 Å². The van der Waals surface area contributed by atoms with E-state index in [0.717, 1.165) is 5.39 Å². The highest BCUT2D eigenvalue weighted by Crippen LogP contribution is 2.24.